The van der Waals surface area contributed by atoms with Crippen LogP contribution in [0.1, 0.15) is 22.6 Å². The van der Waals surface area contributed by atoms with E-state index in [1.165, 1.54) is 22.3 Å². The molecule has 3 aromatic rings. The van der Waals surface area contributed by atoms with E-state index < -0.39 is 6.09 Å². The van der Waals surface area contributed by atoms with E-state index in [4.69, 9.17) is 14.2 Å². The quantitative estimate of drug-likeness (QED) is 0.622. The fourth-order valence-corrected chi connectivity index (χ4v) is 3.79. The van der Waals surface area contributed by atoms with Crippen molar-refractivity contribution in [1.29, 1.82) is 0 Å². The van der Waals surface area contributed by atoms with E-state index in [-0.39, 0.29) is 19.1 Å². The lowest BCUT2D eigenvalue weighted by atomic mass is 9.98. The minimum atomic E-state index is -0.487. The third-order valence-corrected chi connectivity index (χ3v) is 5.25. The van der Waals surface area contributed by atoms with Gasteiger partial charge in [0.2, 0.25) is 0 Å². The fourth-order valence-electron chi connectivity index (χ4n) is 3.79. The summed E-state index contributed by atoms with van der Waals surface area (Å²) in [4.78, 5) is 12.2. The fraction of sp³-hybridized carbons (Fsp3) is 0.192. The van der Waals surface area contributed by atoms with Crippen LogP contribution in [0.25, 0.3) is 11.1 Å². The number of nitrogens with one attached hydrogen (secondary N) is 1. The molecule has 0 unspecified atom stereocenters. The van der Waals surface area contributed by atoms with E-state index >= 15 is 0 Å². The molecule has 0 spiro atoms. The van der Waals surface area contributed by atoms with Gasteiger partial charge in [0.25, 0.3) is 0 Å². The van der Waals surface area contributed by atoms with Crippen LogP contribution in [-0.4, -0.2) is 33.5 Å². The monoisotopic (exact) mass is 413 g/mol. The molecule has 1 aliphatic carbocycles. The number of amides is 1. The number of rotatable bonds is 5. The van der Waals surface area contributed by atoms with Crippen LogP contribution in [0, 0.1) is 11.8 Å². The topological polar surface area (TPSA) is 56.8 Å². The maximum atomic E-state index is 12.2. The summed E-state index contributed by atoms with van der Waals surface area (Å²) >= 11 is 0. The second-order valence-electron chi connectivity index (χ2n) is 7.08. The molecule has 1 amide bonds. The van der Waals surface area contributed by atoms with Gasteiger partial charge in [-0.1, -0.05) is 60.4 Å². The number of alkyl carbamates (subject to hydrolysis) is 1. The van der Waals surface area contributed by atoms with Gasteiger partial charge in [-0.3, -0.25) is 0 Å². The van der Waals surface area contributed by atoms with Gasteiger partial charge in [0, 0.05) is 17.5 Å². The molecule has 3 aromatic carbocycles. The molecule has 156 valence electrons. The standard InChI is InChI=1S/C26H23NO4/c1-29-19-14-18(15-20(16-19)30-2)8-7-13-27-26(28)31-17-25-23-11-5-3-9-21(23)22-10-4-6-12-24(22)25/h3-6,9-12,14-16,25H,13,17H2,1-2H3,(H,27,28). The molecule has 0 aromatic heterocycles. The van der Waals surface area contributed by atoms with E-state index in [2.05, 4.69) is 41.4 Å². The summed E-state index contributed by atoms with van der Waals surface area (Å²) < 4.78 is 16.0. The highest BCUT2D eigenvalue weighted by Crippen LogP contribution is 2.44. The van der Waals surface area contributed by atoms with Gasteiger partial charge in [0.1, 0.15) is 18.1 Å². The Labute approximate surface area is 182 Å². The van der Waals surface area contributed by atoms with Crippen LogP contribution in [0.15, 0.2) is 66.7 Å². The zero-order valence-corrected chi connectivity index (χ0v) is 17.5. The molecule has 1 aliphatic rings. The van der Waals surface area contributed by atoms with Gasteiger partial charge in [0.05, 0.1) is 20.8 Å². The zero-order valence-electron chi connectivity index (χ0n) is 17.5. The Hall–Kier alpha value is -3.91. The van der Waals surface area contributed by atoms with Gasteiger partial charge in [-0.2, -0.15) is 0 Å². The number of ether oxygens (including phenoxy) is 3. The zero-order chi connectivity index (χ0) is 21.6. The molecule has 0 aliphatic heterocycles. The van der Waals surface area contributed by atoms with Gasteiger partial charge < -0.3 is 19.5 Å². The van der Waals surface area contributed by atoms with Crippen LogP contribution in [0.5, 0.6) is 11.5 Å². The molecule has 1 N–H and O–H groups in total. The van der Waals surface area contributed by atoms with Crippen molar-refractivity contribution in [2.45, 2.75) is 5.92 Å². The number of hydrogen-bond donors (Lipinski definition) is 1. The van der Waals surface area contributed by atoms with Crippen molar-refractivity contribution in [2.75, 3.05) is 27.4 Å². The van der Waals surface area contributed by atoms with E-state index in [0.29, 0.717) is 11.5 Å². The summed E-state index contributed by atoms with van der Waals surface area (Å²) in [5.74, 6) is 7.27. The van der Waals surface area contributed by atoms with Crippen LogP contribution in [0.3, 0.4) is 0 Å². The number of fused-ring (bicyclic) bond motifs is 3. The molecular weight excluding hydrogens is 390 g/mol. The minimum absolute atomic E-state index is 0.0356. The van der Waals surface area contributed by atoms with Gasteiger partial charge >= 0.3 is 6.09 Å². The summed E-state index contributed by atoms with van der Waals surface area (Å²) in [7, 11) is 3.18. The van der Waals surface area contributed by atoms with Crippen LogP contribution in [-0.2, 0) is 4.74 Å². The van der Waals surface area contributed by atoms with Crippen molar-refractivity contribution >= 4 is 6.09 Å². The van der Waals surface area contributed by atoms with Crippen LogP contribution < -0.4 is 14.8 Å². The van der Waals surface area contributed by atoms with E-state index in [1.54, 1.807) is 20.3 Å². The molecule has 0 fully saturated rings. The van der Waals surface area contributed by atoms with E-state index in [0.717, 1.165) is 5.56 Å². The third-order valence-electron chi connectivity index (χ3n) is 5.25. The van der Waals surface area contributed by atoms with E-state index in [1.807, 2.05) is 36.4 Å². The molecule has 0 radical (unpaired) electrons. The van der Waals surface area contributed by atoms with Crippen LogP contribution >= 0.6 is 0 Å². The molecule has 5 heteroatoms. The first kappa shape index (κ1) is 20.4. The van der Waals surface area contributed by atoms with Gasteiger partial charge in [-0.25, -0.2) is 4.79 Å². The lowest BCUT2D eigenvalue weighted by molar-refractivity contribution is 0.144. The molecule has 4 rings (SSSR count). The number of methoxy groups -OCH3 is 2. The van der Waals surface area contributed by atoms with Crippen molar-refractivity contribution in [3.63, 3.8) is 0 Å². The Morgan fingerprint density at radius 1 is 0.903 bits per heavy atom. The number of hydrogen-bond acceptors (Lipinski definition) is 4. The highest BCUT2D eigenvalue weighted by atomic mass is 16.5. The van der Waals surface area contributed by atoms with Gasteiger partial charge in [-0.05, 0) is 34.4 Å². The normalized spacial score (nSPS) is 11.5. The number of benzene rings is 3. The highest BCUT2D eigenvalue weighted by molar-refractivity contribution is 5.79. The van der Waals surface area contributed by atoms with Crippen molar-refractivity contribution in [3.05, 3.63) is 83.4 Å². The summed E-state index contributed by atoms with van der Waals surface area (Å²) in [6.45, 7) is 0.455. The highest BCUT2D eigenvalue weighted by Gasteiger charge is 2.28. The molecule has 0 saturated heterocycles. The summed E-state index contributed by atoms with van der Waals surface area (Å²) in [6.07, 6.45) is -0.487. The largest absolute Gasteiger partial charge is 0.497 e. The van der Waals surface area contributed by atoms with Gasteiger partial charge in [0.15, 0.2) is 0 Å². The summed E-state index contributed by atoms with van der Waals surface area (Å²) in [5.41, 5.74) is 5.51. The Bertz CT molecular complexity index is 1090. The van der Waals surface area contributed by atoms with Crippen LogP contribution in [0.4, 0.5) is 4.79 Å². The Balaban J connectivity index is 1.35. The third kappa shape index (κ3) is 4.49. The average Bonchev–Trinajstić information content (AvgIpc) is 3.14. The molecule has 0 heterocycles. The lowest BCUT2D eigenvalue weighted by Gasteiger charge is -2.14. The molecule has 31 heavy (non-hydrogen) atoms. The second-order valence-corrected chi connectivity index (χ2v) is 7.08. The molecular formula is C26H23NO4. The predicted molar refractivity (Wildman–Crippen MR) is 119 cm³/mol. The first-order chi connectivity index (χ1) is 15.2. The maximum absolute atomic E-state index is 12.2. The van der Waals surface area contributed by atoms with Crippen molar-refractivity contribution in [1.82, 2.24) is 5.32 Å². The Morgan fingerprint density at radius 2 is 1.48 bits per heavy atom. The van der Waals surface area contributed by atoms with Crippen molar-refractivity contribution in [2.24, 2.45) is 0 Å². The Kier molecular flexibility index (Phi) is 6.09. The Morgan fingerprint density at radius 3 is 2.06 bits per heavy atom. The van der Waals surface area contributed by atoms with Gasteiger partial charge in [-0.15, -0.1) is 0 Å². The maximum Gasteiger partial charge on any atom is 0.407 e. The average molecular weight is 413 g/mol. The van der Waals surface area contributed by atoms with Crippen molar-refractivity contribution < 1.29 is 19.0 Å². The van der Waals surface area contributed by atoms with E-state index in [9.17, 15) is 4.79 Å². The number of carbonyl (C=O) groups excluding carboxylic acids is 1. The number of carbonyl (C=O) groups is 1. The molecule has 0 atom stereocenters. The minimum Gasteiger partial charge on any atom is -0.497 e. The summed E-state index contributed by atoms with van der Waals surface area (Å²) in [6, 6.07) is 21.9. The smallest absolute Gasteiger partial charge is 0.407 e. The first-order valence-corrected chi connectivity index (χ1v) is 10.0. The van der Waals surface area contributed by atoms with Crippen molar-refractivity contribution in [3.8, 4) is 34.5 Å². The molecule has 0 bridgehead atoms. The molecule has 0 saturated carbocycles. The SMILES string of the molecule is COc1cc(C#CCNC(=O)OCC2c3ccccc3-c3ccccc32)cc(OC)c1. The lowest BCUT2D eigenvalue weighted by Crippen LogP contribution is -2.26. The first-order valence-electron chi connectivity index (χ1n) is 10.0. The second kappa shape index (κ2) is 9.27. The summed E-state index contributed by atoms with van der Waals surface area (Å²) in [5, 5.41) is 2.68. The predicted octanol–water partition coefficient (Wildman–Crippen LogP) is 4.59. The molecule has 5 nitrogen and oxygen atoms in total. The van der Waals surface area contributed by atoms with Crippen LogP contribution in [0.2, 0.25) is 0 Å².